The van der Waals surface area contributed by atoms with E-state index in [1.165, 1.54) is 6.92 Å². The van der Waals surface area contributed by atoms with Gasteiger partial charge in [-0.1, -0.05) is 0 Å². The summed E-state index contributed by atoms with van der Waals surface area (Å²) < 4.78 is 0. The van der Waals surface area contributed by atoms with Crippen molar-refractivity contribution >= 4 is 5.78 Å². The van der Waals surface area contributed by atoms with E-state index in [9.17, 15) is 4.79 Å². The Labute approximate surface area is 54.1 Å². The van der Waals surface area contributed by atoms with Crippen LogP contribution in [0.2, 0.25) is 0 Å². The number of ketones is 1. The van der Waals surface area contributed by atoms with Gasteiger partial charge in [-0.3, -0.25) is 4.79 Å². The van der Waals surface area contributed by atoms with Crippen molar-refractivity contribution in [3.63, 3.8) is 0 Å². The molecule has 0 radical (unpaired) electrons. The Hall–Kier alpha value is -0.410. The number of β-amino-alcohol motifs (C(OH)–C–C–N with tert-alkyl or cyclic N) is 1. The first-order valence-electron chi connectivity index (χ1n) is 3.11. The summed E-state index contributed by atoms with van der Waals surface area (Å²) in [5.41, 5.74) is 0. The number of aliphatic hydroxyl groups excluding tert-OH is 1. The summed E-state index contributed by atoms with van der Waals surface area (Å²) in [6, 6.07) is 0. The monoisotopic (exact) mass is 129 g/mol. The van der Waals surface area contributed by atoms with Gasteiger partial charge in [0.15, 0.2) is 0 Å². The normalized spacial score (nSPS) is 34.9. The minimum absolute atomic E-state index is 0.0764. The van der Waals surface area contributed by atoms with Crippen molar-refractivity contribution in [1.29, 1.82) is 0 Å². The predicted molar refractivity (Wildman–Crippen MR) is 33.0 cm³/mol. The third-order valence-corrected chi connectivity index (χ3v) is 1.70. The number of aliphatic hydroxyl groups is 1. The van der Waals surface area contributed by atoms with Crippen LogP contribution in [0.25, 0.3) is 0 Å². The molecule has 2 atom stereocenters. The zero-order chi connectivity index (χ0) is 6.85. The van der Waals surface area contributed by atoms with E-state index < -0.39 is 6.10 Å². The fourth-order valence-electron chi connectivity index (χ4n) is 1.08. The quantitative estimate of drug-likeness (QED) is 0.485. The topological polar surface area (TPSA) is 49.3 Å². The molecule has 0 spiro atoms. The van der Waals surface area contributed by atoms with Gasteiger partial charge in [-0.05, 0) is 6.92 Å². The lowest BCUT2D eigenvalue weighted by Gasteiger charge is -2.06. The average Bonchev–Trinajstić information content (AvgIpc) is 2.13. The van der Waals surface area contributed by atoms with Gasteiger partial charge in [-0.15, -0.1) is 0 Å². The van der Waals surface area contributed by atoms with Crippen molar-refractivity contribution in [3.8, 4) is 0 Å². The summed E-state index contributed by atoms with van der Waals surface area (Å²) >= 11 is 0. The van der Waals surface area contributed by atoms with Gasteiger partial charge in [0, 0.05) is 13.1 Å². The molecule has 0 aromatic carbocycles. The predicted octanol–water partition coefficient (Wildman–Crippen LogP) is -0.844. The largest absolute Gasteiger partial charge is 0.391 e. The summed E-state index contributed by atoms with van der Waals surface area (Å²) in [6.45, 7) is 2.71. The number of nitrogens with one attached hydrogen (secondary N) is 1. The standard InChI is InChI=1S/C6H11NO2/c1-4(8)5-2-7-3-6(5)9/h5-7,9H,2-3H2,1H3/t5-,6+/m1/s1. The zero-order valence-electron chi connectivity index (χ0n) is 5.42. The molecule has 0 amide bonds. The number of rotatable bonds is 1. The van der Waals surface area contributed by atoms with Crippen LogP contribution in [0.5, 0.6) is 0 Å². The van der Waals surface area contributed by atoms with E-state index >= 15 is 0 Å². The zero-order valence-corrected chi connectivity index (χ0v) is 5.42. The van der Waals surface area contributed by atoms with Crippen LogP contribution >= 0.6 is 0 Å². The van der Waals surface area contributed by atoms with Gasteiger partial charge in [-0.25, -0.2) is 0 Å². The third kappa shape index (κ3) is 1.28. The molecule has 3 nitrogen and oxygen atoms in total. The Bertz CT molecular complexity index is 124. The van der Waals surface area contributed by atoms with Gasteiger partial charge in [0.25, 0.3) is 0 Å². The van der Waals surface area contributed by atoms with Gasteiger partial charge < -0.3 is 10.4 Å². The molecule has 52 valence electrons. The maximum atomic E-state index is 10.7. The van der Waals surface area contributed by atoms with Crippen LogP contribution in [0.4, 0.5) is 0 Å². The Kier molecular flexibility index (Phi) is 1.83. The molecule has 0 aliphatic carbocycles. The molecule has 0 aromatic heterocycles. The number of hydrogen-bond donors (Lipinski definition) is 2. The van der Waals surface area contributed by atoms with Gasteiger partial charge in [0.05, 0.1) is 12.0 Å². The molecule has 0 aromatic rings. The Morgan fingerprint density at radius 2 is 2.33 bits per heavy atom. The molecule has 0 unspecified atom stereocenters. The number of hydrogen-bond acceptors (Lipinski definition) is 3. The molecule has 9 heavy (non-hydrogen) atoms. The summed E-state index contributed by atoms with van der Waals surface area (Å²) in [4.78, 5) is 10.7. The Balaban J connectivity index is 2.49. The average molecular weight is 129 g/mol. The summed E-state index contributed by atoms with van der Waals surface area (Å²) in [5, 5.41) is 12.0. The van der Waals surface area contributed by atoms with Crippen molar-refractivity contribution in [1.82, 2.24) is 5.32 Å². The van der Waals surface area contributed by atoms with Crippen LogP contribution in [0, 0.1) is 5.92 Å². The van der Waals surface area contributed by atoms with E-state index in [2.05, 4.69) is 5.32 Å². The van der Waals surface area contributed by atoms with Crippen molar-refractivity contribution in [2.24, 2.45) is 5.92 Å². The van der Waals surface area contributed by atoms with Gasteiger partial charge >= 0.3 is 0 Å². The Morgan fingerprint density at radius 1 is 1.67 bits per heavy atom. The van der Waals surface area contributed by atoms with E-state index in [0.717, 1.165) is 0 Å². The van der Waals surface area contributed by atoms with E-state index in [1.54, 1.807) is 0 Å². The molecule has 1 fully saturated rings. The lowest BCUT2D eigenvalue weighted by atomic mass is 10.0. The summed E-state index contributed by atoms with van der Waals surface area (Å²) in [7, 11) is 0. The first-order chi connectivity index (χ1) is 4.22. The van der Waals surface area contributed by atoms with Gasteiger partial charge in [0.1, 0.15) is 5.78 Å². The van der Waals surface area contributed by atoms with E-state index in [-0.39, 0.29) is 11.7 Å². The van der Waals surface area contributed by atoms with E-state index in [4.69, 9.17) is 5.11 Å². The SMILES string of the molecule is CC(=O)[C@H]1CNC[C@@H]1O. The first-order valence-corrected chi connectivity index (χ1v) is 3.11. The molecule has 1 saturated heterocycles. The molecule has 3 heteroatoms. The highest BCUT2D eigenvalue weighted by Gasteiger charge is 2.28. The maximum absolute atomic E-state index is 10.7. The second-order valence-corrected chi connectivity index (χ2v) is 2.44. The molecule has 1 heterocycles. The highest BCUT2D eigenvalue weighted by molar-refractivity contribution is 5.79. The molecule has 2 N–H and O–H groups in total. The molecule has 0 saturated carbocycles. The first kappa shape index (κ1) is 6.71. The molecular weight excluding hydrogens is 118 g/mol. The number of carbonyl (C=O) groups excluding carboxylic acids is 1. The van der Waals surface area contributed by atoms with E-state index in [1.807, 2.05) is 0 Å². The fourth-order valence-corrected chi connectivity index (χ4v) is 1.08. The lowest BCUT2D eigenvalue weighted by Crippen LogP contribution is -2.24. The molecule has 0 bridgehead atoms. The van der Waals surface area contributed by atoms with Crippen molar-refractivity contribution in [2.75, 3.05) is 13.1 Å². The van der Waals surface area contributed by atoms with Crippen molar-refractivity contribution < 1.29 is 9.90 Å². The second kappa shape index (κ2) is 2.45. The van der Waals surface area contributed by atoms with Crippen molar-refractivity contribution in [3.05, 3.63) is 0 Å². The maximum Gasteiger partial charge on any atom is 0.136 e. The lowest BCUT2D eigenvalue weighted by molar-refractivity contribution is -0.122. The van der Waals surface area contributed by atoms with Gasteiger partial charge in [0.2, 0.25) is 0 Å². The van der Waals surface area contributed by atoms with Crippen LogP contribution in [-0.2, 0) is 4.79 Å². The molecule has 1 aliphatic heterocycles. The Morgan fingerprint density at radius 3 is 2.56 bits per heavy atom. The molecule has 1 rings (SSSR count). The number of carbonyl (C=O) groups is 1. The molecule has 1 aliphatic rings. The smallest absolute Gasteiger partial charge is 0.136 e. The minimum atomic E-state index is -0.456. The highest BCUT2D eigenvalue weighted by atomic mass is 16.3. The van der Waals surface area contributed by atoms with Gasteiger partial charge in [-0.2, -0.15) is 0 Å². The number of Topliss-reactive ketones (excluding diaryl/α,β-unsaturated/α-hetero) is 1. The van der Waals surface area contributed by atoms with Crippen molar-refractivity contribution in [2.45, 2.75) is 13.0 Å². The van der Waals surface area contributed by atoms with Crippen LogP contribution < -0.4 is 5.32 Å². The summed E-state index contributed by atoms with van der Waals surface area (Å²) in [5.74, 6) is -0.0856. The van der Waals surface area contributed by atoms with Crippen LogP contribution in [0.1, 0.15) is 6.92 Å². The molecular formula is C6H11NO2. The van der Waals surface area contributed by atoms with Crippen LogP contribution in [-0.4, -0.2) is 30.1 Å². The highest BCUT2D eigenvalue weighted by Crippen LogP contribution is 2.08. The second-order valence-electron chi connectivity index (χ2n) is 2.44. The van der Waals surface area contributed by atoms with Crippen LogP contribution in [0.15, 0.2) is 0 Å². The fraction of sp³-hybridized carbons (Fsp3) is 0.833. The minimum Gasteiger partial charge on any atom is -0.391 e. The van der Waals surface area contributed by atoms with Crippen LogP contribution in [0.3, 0.4) is 0 Å². The summed E-state index contributed by atoms with van der Waals surface area (Å²) in [6.07, 6.45) is -0.456. The van der Waals surface area contributed by atoms with E-state index in [0.29, 0.717) is 13.1 Å². The third-order valence-electron chi connectivity index (χ3n) is 1.70.